The molecule has 1 aromatic rings. The summed E-state index contributed by atoms with van der Waals surface area (Å²) in [4.78, 5) is 0. The van der Waals surface area contributed by atoms with E-state index in [0.717, 1.165) is 16.8 Å². The molecule has 1 aromatic heterocycles. The number of hydrogen-bond donors (Lipinski definition) is 0. The van der Waals surface area contributed by atoms with E-state index in [-0.39, 0.29) is 0 Å². The molecule has 0 aromatic carbocycles. The monoisotopic (exact) mass is 196 g/mol. The van der Waals surface area contributed by atoms with Gasteiger partial charge in [0.15, 0.2) is 0 Å². The molecule has 2 rings (SSSR count). The van der Waals surface area contributed by atoms with Crippen LogP contribution in [0.25, 0.3) is 0 Å². The molecular weight excluding hydrogens is 180 g/mol. The zero-order chi connectivity index (χ0) is 9.26. The first-order valence-electron chi connectivity index (χ1n) is 4.95. The van der Waals surface area contributed by atoms with Crippen LogP contribution in [-0.4, -0.2) is 11.0 Å². The SMILES string of the molecule is Cc1ccc(C(C)[C@@H]2CCCS2)o1. The van der Waals surface area contributed by atoms with Gasteiger partial charge in [0, 0.05) is 11.2 Å². The van der Waals surface area contributed by atoms with Crippen molar-refractivity contribution in [3.05, 3.63) is 23.7 Å². The third kappa shape index (κ3) is 1.93. The van der Waals surface area contributed by atoms with Crippen LogP contribution in [0.5, 0.6) is 0 Å². The van der Waals surface area contributed by atoms with Gasteiger partial charge >= 0.3 is 0 Å². The Morgan fingerprint density at radius 3 is 2.92 bits per heavy atom. The van der Waals surface area contributed by atoms with Gasteiger partial charge < -0.3 is 4.42 Å². The van der Waals surface area contributed by atoms with Crippen molar-refractivity contribution in [1.82, 2.24) is 0 Å². The Labute approximate surface area is 83.9 Å². The van der Waals surface area contributed by atoms with Crippen molar-refractivity contribution in [1.29, 1.82) is 0 Å². The van der Waals surface area contributed by atoms with Gasteiger partial charge in [-0.25, -0.2) is 0 Å². The maximum absolute atomic E-state index is 5.64. The Morgan fingerprint density at radius 1 is 1.54 bits per heavy atom. The molecule has 2 heteroatoms. The fourth-order valence-corrected chi connectivity index (χ4v) is 3.27. The van der Waals surface area contributed by atoms with Crippen LogP contribution < -0.4 is 0 Å². The maximum Gasteiger partial charge on any atom is 0.108 e. The molecule has 1 saturated heterocycles. The minimum absolute atomic E-state index is 0.584. The van der Waals surface area contributed by atoms with E-state index in [2.05, 4.69) is 30.8 Å². The van der Waals surface area contributed by atoms with Gasteiger partial charge in [0.2, 0.25) is 0 Å². The molecule has 0 aliphatic carbocycles. The topological polar surface area (TPSA) is 13.1 Å². The summed E-state index contributed by atoms with van der Waals surface area (Å²) in [5.74, 6) is 4.11. The van der Waals surface area contributed by atoms with Crippen LogP contribution in [0.1, 0.15) is 37.2 Å². The lowest BCUT2D eigenvalue weighted by atomic mass is 10.0. The van der Waals surface area contributed by atoms with Crippen LogP contribution in [0.4, 0.5) is 0 Å². The lowest BCUT2D eigenvalue weighted by Crippen LogP contribution is -2.07. The first-order chi connectivity index (χ1) is 6.27. The van der Waals surface area contributed by atoms with Crippen LogP contribution in [0.3, 0.4) is 0 Å². The van der Waals surface area contributed by atoms with Crippen molar-refractivity contribution in [2.24, 2.45) is 0 Å². The van der Waals surface area contributed by atoms with Gasteiger partial charge in [-0.15, -0.1) is 0 Å². The molecule has 1 aliphatic rings. The van der Waals surface area contributed by atoms with E-state index in [9.17, 15) is 0 Å². The predicted octanol–water partition coefficient (Wildman–Crippen LogP) is 3.59. The van der Waals surface area contributed by atoms with Crippen molar-refractivity contribution in [3.8, 4) is 0 Å². The summed E-state index contributed by atoms with van der Waals surface area (Å²) in [6.45, 7) is 4.29. The van der Waals surface area contributed by atoms with Crippen LogP contribution in [0.2, 0.25) is 0 Å². The average molecular weight is 196 g/mol. The number of hydrogen-bond acceptors (Lipinski definition) is 2. The first kappa shape index (κ1) is 9.20. The quantitative estimate of drug-likeness (QED) is 0.717. The van der Waals surface area contributed by atoms with Crippen LogP contribution in [-0.2, 0) is 0 Å². The summed E-state index contributed by atoms with van der Waals surface area (Å²) in [6, 6.07) is 4.18. The van der Waals surface area contributed by atoms with E-state index in [0.29, 0.717) is 5.92 Å². The Morgan fingerprint density at radius 2 is 2.38 bits per heavy atom. The van der Waals surface area contributed by atoms with Crippen molar-refractivity contribution < 1.29 is 4.42 Å². The van der Waals surface area contributed by atoms with E-state index < -0.39 is 0 Å². The van der Waals surface area contributed by atoms with Gasteiger partial charge in [0.05, 0.1) is 0 Å². The minimum Gasteiger partial charge on any atom is -0.466 e. The fraction of sp³-hybridized carbons (Fsp3) is 0.636. The van der Waals surface area contributed by atoms with Crippen molar-refractivity contribution >= 4 is 11.8 Å². The zero-order valence-corrected chi connectivity index (χ0v) is 9.06. The van der Waals surface area contributed by atoms with E-state index in [1.807, 2.05) is 6.92 Å². The molecule has 0 spiro atoms. The zero-order valence-electron chi connectivity index (χ0n) is 8.25. The number of thioether (sulfide) groups is 1. The fourth-order valence-electron chi connectivity index (χ4n) is 1.88. The molecule has 1 aliphatic heterocycles. The number of rotatable bonds is 2. The highest BCUT2D eigenvalue weighted by Crippen LogP contribution is 2.37. The molecule has 0 bridgehead atoms. The van der Waals surface area contributed by atoms with Crippen LogP contribution in [0, 0.1) is 6.92 Å². The Bertz CT molecular complexity index is 273. The summed E-state index contributed by atoms with van der Waals surface area (Å²) >= 11 is 2.09. The third-order valence-electron chi connectivity index (χ3n) is 2.73. The van der Waals surface area contributed by atoms with Gasteiger partial charge in [0.25, 0.3) is 0 Å². The summed E-state index contributed by atoms with van der Waals surface area (Å²) in [5.41, 5.74) is 0. The summed E-state index contributed by atoms with van der Waals surface area (Å²) in [7, 11) is 0. The van der Waals surface area contributed by atoms with E-state index in [4.69, 9.17) is 4.42 Å². The van der Waals surface area contributed by atoms with E-state index >= 15 is 0 Å². The molecule has 0 radical (unpaired) electrons. The van der Waals surface area contributed by atoms with Gasteiger partial charge in [0.1, 0.15) is 11.5 Å². The highest BCUT2D eigenvalue weighted by Gasteiger charge is 2.25. The van der Waals surface area contributed by atoms with Gasteiger partial charge in [-0.1, -0.05) is 6.92 Å². The Balaban J connectivity index is 2.07. The molecule has 13 heavy (non-hydrogen) atoms. The average Bonchev–Trinajstić information content (AvgIpc) is 2.72. The van der Waals surface area contributed by atoms with E-state index in [1.165, 1.54) is 18.6 Å². The molecule has 0 amide bonds. The lowest BCUT2D eigenvalue weighted by molar-refractivity contribution is 0.445. The normalized spacial score (nSPS) is 24.9. The number of aryl methyl sites for hydroxylation is 1. The smallest absolute Gasteiger partial charge is 0.108 e. The Kier molecular flexibility index (Phi) is 2.68. The second-order valence-corrected chi connectivity index (χ2v) is 5.14. The molecule has 1 nitrogen and oxygen atoms in total. The Hall–Kier alpha value is -0.370. The van der Waals surface area contributed by atoms with Crippen molar-refractivity contribution in [2.75, 3.05) is 5.75 Å². The van der Waals surface area contributed by atoms with Gasteiger partial charge in [-0.3, -0.25) is 0 Å². The molecule has 0 N–H and O–H groups in total. The molecule has 2 heterocycles. The van der Waals surface area contributed by atoms with Crippen LogP contribution >= 0.6 is 11.8 Å². The molecule has 72 valence electrons. The molecule has 1 fully saturated rings. The van der Waals surface area contributed by atoms with E-state index in [1.54, 1.807) is 0 Å². The second-order valence-electron chi connectivity index (χ2n) is 3.79. The molecule has 0 saturated carbocycles. The largest absolute Gasteiger partial charge is 0.466 e. The highest BCUT2D eigenvalue weighted by molar-refractivity contribution is 8.00. The predicted molar refractivity (Wildman–Crippen MR) is 57.3 cm³/mol. The minimum atomic E-state index is 0.584. The number of furan rings is 1. The summed E-state index contributed by atoms with van der Waals surface area (Å²) in [6.07, 6.45) is 2.73. The van der Waals surface area contributed by atoms with Gasteiger partial charge in [-0.2, -0.15) is 11.8 Å². The third-order valence-corrected chi connectivity index (χ3v) is 4.33. The van der Waals surface area contributed by atoms with Crippen molar-refractivity contribution in [2.45, 2.75) is 37.9 Å². The van der Waals surface area contributed by atoms with Gasteiger partial charge in [-0.05, 0) is 37.7 Å². The molecule has 1 unspecified atom stereocenters. The molecular formula is C11H16OS. The standard InChI is InChI=1S/C11H16OS/c1-8-5-6-10(12-8)9(2)11-4-3-7-13-11/h5-6,9,11H,3-4,7H2,1-2H3/t9?,11-/m0/s1. The van der Waals surface area contributed by atoms with Crippen molar-refractivity contribution in [3.63, 3.8) is 0 Å². The molecule has 2 atom stereocenters. The first-order valence-corrected chi connectivity index (χ1v) is 6.00. The second kappa shape index (κ2) is 3.79. The summed E-state index contributed by atoms with van der Waals surface area (Å²) in [5, 5.41) is 0.783. The lowest BCUT2D eigenvalue weighted by Gasteiger charge is -2.15. The van der Waals surface area contributed by atoms with Crippen LogP contribution in [0.15, 0.2) is 16.5 Å². The highest BCUT2D eigenvalue weighted by atomic mass is 32.2. The maximum atomic E-state index is 5.64. The summed E-state index contributed by atoms with van der Waals surface area (Å²) < 4.78 is 5.64.